The molecule has 0 radical (unpaired) electrons. The summed E-state index contributed by atoms with van der Waals surface area (Å²) in [6.07, 6.45) is -0.677. The molecule has 1 aromatic carbocycles. The van der Waals surface area contributed by atoms with Gasteiger partial charge in [0.2, 0.25) is 0 Å². The molecule has 4 heteroatoms. The Kier molecular flexibility index (Phi) is 1.93. The third kappa shape index (κ3) is 1.24. The van der Waals surface area contributed by atoms with Crippen LogP contribution in [0.25, 0.3) is 0 Å². The molecule has 2 rings (SSSR count). The van der Waals surface area contributed by atoms with Crippen molar-refractivity contribution in [2.24, 2.45) is 5.92 Å². The Morgan fingerprint density at radius 2 is 2.14 bits per heavy atom. The van der Waals surface area contributed by atoms with Crippen LogP contribution in [0.3, 0.4) is 0 Å². The molecule has 0 unspecified atom stereocenters. The molecular formula is C10H10O4. The molecule has 3 N–H and O–H groups in total. The van der Waals surface area contributed by atoms with E-state index in [0.717, 1.165) is 0 Å². The van der Waals surface area contributed by atoms with E-state index < -0.39 is 18.0 Å². The fourth-order valence-electron chi connectivity index (χ4n) is 1.85. The van der Waals surface area contributed by atoms with Crippen molar-refractivity contribution in [2.45, 2.75) is 12.5 Å². The van der Waals surface area contributed by atoms with Gasteiger partial charge in [-0.1, -0.05) is 6.07 Å². The Labute approximate surface area is 80.4 Å². The summed E-state index contributed by atoms with van der Waals surface area (Å²) in [5.74, 6) is -1.69. The maximum Gasteiger partial charge on any atom is 0.309 e. The quantitative estimate of drug-likeness (QED) is 0.614. The molecule has 0 heterocycles. The van der Waals surface area contributed by atoms with Crippen LogP contribution in [0.4, 0.5) is 0 Å². The van der Waals surface area contributed by atoms with E-state index in [1.165, 1.54) is 12.1 Å². The standard InChI is InChI=1S/C10H10O4/c11-6-1-2-7-5(3-6)4-8(9(7)12)10(13)14/h1-3,8-9,11-12H,4H2,(H,13,14)/t8-,9+/m0/s1. The topological polar surface area (TPSA) is 77.8 Å². The number of carbonyl (C=O) groups is 1. The third-order valence-electron chi connectivity index (χ3n) is 2.58. The first-order chi connectivity index (χ1) is 6.59. The normalized spacial score (nSPS) is 24.6. The maximum atomic E-state index is 10.7. The molecule has 2 atom stereocenters. The Hall–Kier alpha value is -1.55. The molecule has 0 aliphatic heterocycles. The number of aromatic hydroxyl groups is 1. The van der Waals surface area contributed by atoms with Gasteiger partial charge in [0.15, 0.2) is 0 Å². The minimum atomic E-state index is -1.01. The monoisotopic (exact) mass is 194 g/mol. The highest BCUT2D eigenvalue weighted by atomic mass is 16.4. The number of phenolic OH excluding ortho intramolecular Hbond substituents is 1. The van der Waals surface area contributed by atoms with Gasteiger partial charge in [-0.15, -0.1) is 0 Å². The van der Waals surface area contributed by atoms with E-state index in [9.17, 15) is 15.0 Å². The lowest BCUT2D eigenvalue weighted by Gasteiger charge is -2.08. The van der Waals surface area contributed by atoms with Gasteiger partial charge in [-0.3, -0.25) is 4.79 Å². The van der Waals surface area contributed by atoms with Gasteiger partial charge in [-0.25, -0.2) is 0 Å². The van der Waals surface area contributed by atoms with Crippen LogP contribution in [0.15, 0.2) is 18.2 Å². The molecule has 0 amide bonds. The van der Waals surface area contributed by atoms with Gasteiger partial charge in [0.25, 0.3) is 0 Å². The van der Waals surface area contributed by atoms with Gasteiger partial charge in [0, 0.05) is 0 Å². The predicted molar refractivity (Wildman–Crippen MR) is 47.9 cm³/mol. The van der Waals surface area contributed by atoms with E-state index in [0.29, 0.717) is 11.1 Å². The number of hydrogen-bond donors (Lipinski definition) is 3. The molecule has 1 aliphatic rings. The Morgan fingerprint density at radius 1 is 1.43 bits per heavy atom. The Bertz CT molecular complexity index is 386. The van der Waals surface area contributed by atoms with Gasteiger partial charge in [-0.05, 0) is 29.7 Å². The van der Waals surface area contributed by atoms with Crippen LogP contribution in [-0.4, -0.2) is 21.3 Å². The summed E-state index contributed by atoms with van der Waals surface area (Å²) in [6, 6.07) is 4.52. The van der Waals surface area contributed by atoms with Gasteiger partial charge < -0.3 is 15.3 Å². The van der Waals surface area contributed by atoms with Crippen LogP contribution in [0, 0.1) is 5.92 Å². The molecule has 0 saturated heterocycles. The summed E-state index contributed by atoms with van der Waals surface area (Å²) in [7, 11) is 0. The smallest absolute Gasteiger partial charge is 0.309 e. The summed E-state index contributed by atoms with van der Waals surface area (Å²) >= 11 is 0. The first-order valence-corrected chi connectivity index (χ1v) is 4.32. The van der Waals surface area contributed by atoms with E-state index in [2.05, 4.69) is 0 Å². The maximum absolute atomic E-state index is 10.7. The number of aliphatic hydroxyl groups is 1. The number of phenols is 1. The molecule has 0 aromatic heterocycles. The number of carboxylic acids is 1. The summed E-state index contributed by atoms with van der Waals surface area (Å²) in [6.45, 7) is 0. The fraction of sp³-hybridized carbons (Fsp3) is 0.300. The van der Waals surface area contributed by atoms with E-state index in [1.807, 2.05) is 0 Å². The summed E-state index contributed by atoms with van der Waals surface area (Å²) in [4.78, 5) is 10.7. The first kappa shape index (κ1) is 9.02. The highest BCUT2D eigenvalue weighted by molar-refractivity contribution is 5.73. The first-order valence-electron chi connectivity index (χ1n) is 4.32. The number of benzene rings is 1. The molecule has 14 heavy (non-hydrogen) atoms. The lowest BCUT2D eigenvalue weighted by molar-refractivity contribution is -0.145. The molecule has 1 aliphatic carbocycles. The number of rotatable bonds is 1. The van der Waals surface area contributed by atoms with Crippen molar-refractivity contribution >= 4 is 5.97 Å². The average molecular weight is 194 g/mol. The second kappa shape index (κ2) is 2.99. The fourth-order valence-corrected chi connectivity index (χ4v) is 1.85. The highest BCUT2D eigenvalue weighted by Crippen LogP contribution is 2.37. The van der Waals surface area contributed by atoms with E-state index in [1.54, 1.807) is 6.07 Å². The van der Waals surface area contributed by atoms with Crippen molar-refractivity contribution in [2.75, 3.05) is 0 Å². The molecule has 74 valence electrons. The Morgan fingerprint density at radius 3 is 2.79 bits per heavy atom. The summed E-state index contributed by atoms with van der Waals surface area (Å²) < 4.78 is 0. The number of fused-ring (bicyclic) bond motifs is 1. The van der Waals surface area contributed by atoms with Crippen LogP contribution < -0.4 is 0 Å². The third-order valence-corrected chi connectivity index (χ3v) is 2.58. The van der Waals surface area contributed by atoms with E-state index in [4.69, 9.17) is 5.11 Å². The number of hydrogen-bond acceptors (Lipinski definition) is 3. The lowest BCUT2D eigenvalue weighted by Crippen LogP contribution is -2.17. The van der Waals surface area contributed by atoms with Crippen LogP contribution in [0.2, 0.25) is 0 Å². The number of aliphatic hydroxyl groups excluding tert-OH is 1. The van der Waals surface area contributed by atoms with Crippen LogP contribution >= 0.6 is 0 Å². The Balaban J connectivity index is 2.40. The zero-order chi connectivity index (χ0) is 10.3. The van der Waals surface area contributed by atoms with Crippen LogP contribution in [-0.2, 0) is 11.2 Å². The lowest BCUT2D eigenvalue weighted by atomic mass is 10.0. The van der Waals surface area contributed by atoms with E-state index in [-0.39, 0.29) is 12.2 Å². The molecule has 1 aromatic rings. The van der Waals surface area contributed by atoms with E-state index >= 15 is 0 Å². The van der Waals surface area contributed by atoms with Crippen LogP contribution in [0.1, 0.15) is 17.2 Å². The number of carboxylic acid groups (broad SMARTS) is 1. The van der Waals surface area contributed by atoms with Crippen molar-refractivity contribution in [1.82, 2.24) is 0 Å². The molecular weight excluding hydrogens is 184 g/mol. The molecule has 4 nitrogen and oxygen atoms in total. The second-order valence-electron chi connectivity index (χ2n) is 3.48. The molecule has 0 saturated carbocycles. The minimum absolute atomic E-state index is 0.0991. The van der Waals surface area contributed by atoms with Gasteiger partial charge in [-0.2, -0.15) is 0 Å². The van der Waals surface area contributed by atoms with Crippen molar-refractivity contribution in [3.63, 3.8) is 0 Å². The summed E-state index contributed by atoms with van der Waals surface area (Å²) in [5.41, 5.74) is 1.32. The van der Waals surface area contributed by atoms with Gasteiger partial charge in [0.05, 0.1) is 12.0 Å². The van der Waals surface area contributed by atoms with Crippen molar-refractivity contribution in [3.8, 4) is 5.75 Å². The average Bonchev–Trinajstić information content (AvgIpc) is 2.43. The number of aliphatic carboxylic acids is 1. The zero-order valence-electron chi connectivity index (χ0n) is 7.34. The SMILES string of the molecule is O=C(O)[C@H]1Cc2cc(O)ccc2[C@H]1O. The van der Waals surface area contributed by atoms with Crippen molar-refractivity contribution in [3.05, 3.63) is 29.3 Å². The minimum Gasteiger partial charge on any atom is -0.508 e. The molecule has 0 spiro atoms. The predicted octanol–water partition coefficient (Wildman–Crippen LogP) is 0.682. The zero-order valence-corrected chi connectivity index (χ0v) is 7.34. The van der Waals surface area contributed by atoms with Crippen molar-refractivity contribution in [1.29, 1.82) is 0 Å². The molecule has 0 bridgehead atoms. The van der Waals surface area contributed by atoms with Crippen LogP contribution in [0.5, 0.6) is 5.75 Å². The van der Waals surface area contributed by atoms with Gasteiger partial charge >= 0.3 is 5.97 Å². The molecule has 0 fully saturated rings. The largest absolute Gasteiger partial charge is 0.508 e. The highest BCUT2D eigenvalue weighted by Gasteiger charge is 2.35. The second-order valence-corrected chi connectivity index (χ2v) is 3.48. The summed E-state index contributed by atoms with van der Waals surface area (Å²) in [5, 5.41) is 27.6. The van der Waals surface area contributed by atoms with Crippen molar-refractivity contribution < 1.29 is 20.1 Å². The van der Waals surface area contributed by atoms with Gasteiger partial charge in [0.1, 0.15) is 5.75 Å².